The summed E-state index contributed by atoms with van der Waals surface area (Å²) in [6.45, 7) is 2.95. The molecule has 0 radical (unpaired) electrons. The van der Waals surface area contributed by atoms with Crippen LogP contribution in [0.15, 0.2) is 11.2 Å². The highest BCUT2D eigenvalue weighted by Gasteiger charge is 2.30. The molecule has 1 aliphatic heterocycles. The van der Waals surface area contributed by atoms with Gasteiger partial charge in [0.25, 0.3) is 10.0 Å². The third-order valence-electron chi connectivity index (χ3n) is 3.63. The van der Waals surface area contributed by atoms with Crippen molar-refractivity contribution >= 4 is 10.0 Å². The molecule has 0 amide bonds. The van der Waals surface area contributed by atoms with Crippen LogP contribution in [-0.4, -0.2) is 59.7 Å². The second-order valence-electron chi connectivity index (χ2n) is 5.12. The van der Waals surface area contributed by atoms with E-state index in [1.807, 2.05) is 0 Å². The molecule has 8 heteroatoms. The van der Waals surface area contributed by atoms with Crippen molar-refractivity contribution < 1.29 is 13.5 Å². The maximum Gasteiger partial charge on any atom is 0.262 e. The smallest absolute Gasteiger partial charge is 0.262 e. The van der Waals surface area contributed by atoms with Crippen LogP contribution in [0.4, 0.5) is 0 Å². The number of hydrogen-bond donors (Lipinski definition) is 2. The monoisotopic (exact) mass is 302 g/mol. The third-order valence-corrected chi connectivity index (χ3v) is 5.36. The quantitative estimate of drug-likeness (QED) is 0.737. The van der Waals surface area contributed by atoms with E-state index in [2.05, 4.69) is 10.3 Å². The molecule has 1 atom stereocenters. The number of rotatable bonds is 6. The number of aromatic nitrogens is 2. The van der Waals surface area contributed by atoms with Crippen molar-refractivity contribution in [3.63, 3.8) is 0 Å². The Morgan fingerprint density at radius 3 is 2.85 bits per heavy atom. The molecular weight excluding hydrogens is 280 g/mol. The minimum Gasteiger partial charge on any atom is -0.395 e. The maximum atomic E-state index is 12.6. The lowest BCUT2D eigenvalue weighted by Crippen LogP contribution is -2.42. The first-order chi connectivity index (χ1) is 9.45. The first-order valence-electron chi connectivity index (χ1n) is 6.79. The number of aliphatic hydroxyl groups is 1. The van der Waals surface area contributed by atoms with E-state index in [0.717, 1.165) is 19.4 Å². The van der Waals surface area contributed by atoms with Gasteiger partial charge in [-0.2, -0.15) is 4.31 Å². The fourth-order valence-corrected chi connectivity index (χ4v) is 3.86. The van der Waals surface area contributed by atoms with Crippen LogP contribution < -0.4 is 5.32 Å². The summed E-state index contributed by atoms with van der Waals surface area (Å²) in [6.07, 6.45) is 3.52. The lowest BCUT2D eigenvalue weighted by atomic mass is 10.2. The van der Waals surface area contributed by atoms with Crippen LogP contribution in [0.3, 0.4) is 0 Å². The molecule has 20 heavy (non-hydrogen) atoms. The summed E-state index contributed by atoms with van der Waals surface area (Å²) in [5.74, 6) is 0.645. The van der Waals surface area contributed by atoms with Gasteiger partial charge in [0.15, 0.2) is 5.03 Å². The number of imidazole rings is 1. The van der Waals surface area contributed by atoms with Gasteiger partial charge < -0.3 is 15.0 Å². The van der Waals surface area contributed by atoms with E-state index in [9.17, 15) is 8.42 Å². The van der Waals surface area contributed by atoms with Gasteiger partial charge in [0.1, 0.15) is 5.82 Å². The Morgan fingerprint density at radius 2 is 2.35 bits per heavy atom. The van der Waals surface area contributed by atoms with Crippen molar-refractivity contribution in [2.24, 2.45) is 7.05 Å². The average Bonchev–Trinajstić information content (AvgIpc) is 3.00. The number of aryl methyl sites for hydroxylation is 2. The molecule has 1 fully saturated rings. The maximum absolute atomic E-state index is 12.6. The number of aliphatic hydroxyl groups excluding tert-OH is 1. The summed E-state index contributed by atoms with van der Waals surface area (Å²) >= 11 is 0. The highest BCUT2D eigenvalue weighted by atomic mass is 32.2. The molecule has 2 N–H and O–H groups in total. The zero-order chi connectivity index (χ0) is 14.8. The molecule has 1 unspecified atom stereocenters. The zero-order valence-corrected chi connectivity index (χ0v) is 12.7. The van der Waals surface area contributed by atoms with Crippen molar-refractivity contribution in [2.45, 2.75) is 30.8 Å². The van der Waals surface area contributed by atoms with Crippen LogP contribution in [0.5, 0.6) is 0 Å². The van der Waals surface area contributed by atoms with Gasteiger partial charge in [-0.15, -0.1) is 0 Å². The van der Waals surface area contributed by atoms with Crippen molar-refractivity contribution in [3.05, 3.63) is 12.0 Å². The topological polar surface area (TPSA) is 87.5 Å². The third kappa shape index (κ3) is 3.20. The van der Waals surface area contributed by atoms with Crippen LogP contribution in [0.2, 0.25) is 0 Å². The molecule has 7 nitrogen and oxygen atoms in total. The molecular formula is C12H22N4O3S. The van der Waals surface area contributed by atoms with Crippen LogP contribution in [0.25, 0.3) is 0 Å². The summed E-state index contributed by atoms with van der Waals surface area (Å²) in [5, 5.41) is 12.4. The largest absolute Gasteiger partial charge is 0.395 e. The van der Waals surface area contributed by atoms with E-state index < -0.39 is 10.0 Å². The Labute approximate surface area is 119 Å². The van der Waals surface area contributed by atoms with Crippen LogP contribution in [0.1, 0.15) is 18.7 Å². The first kappa shape index (κ1) is 15.4. The lowest BCUT2D eigenvalue weighted by Gasteiger charge is -2.23. The average molecular weight is 302 g/mol. The van der Waals surface area contributed by atoms with Gasteiger partial charge in [-0.1, -0.05) is 0 Å². The summed E-state index contributed by atoms with van der Waals surface area (Å²) in [7, 11) is -1.89. The van der Waals surface area contributed by atoms with Gasteiger partial charge in [-0.25, -0.2) is 13.4 Å². The van der Waals surface area contributed by atoms with Crippen LogP contribution >= 0.6 is 0 Å². The number of sulfonamides is 1. The van der Waals surface area contributed by atoms with E-state index in [1.165, 1.54) is 10.5 Å². The number of nitrogens with zero attached hydrogens (tertiary/aromatic N) is 3. The molecule has 0 spiro atoms. The Morgan fingerprint density at radius 1 is 1.60 bits per heavy atom. The van der Waals surface area contributed by atoms with Crippen LogP contribution in [0, 0.1) is 6.92 Å². The summed E-state index contributed by atoms with van der Waals surface area (Å²) in [6, 6.07) is 0.154. The van der Waals surface area contributed by atoms with E-state index in [0.29, 0.717) is 12.4 Å². The van der Waals surface area contributed by atoms with Crippen molar-refractivity contribution in [1.29, 1.82) is 0 Å². The van der Waals surface area contributed by atoms with E-state index >= 15 is 0 Å². The molecule has 0 aliphatic carbocycles. The Hall–Kier alpha value is -0.960. The highest BCUT2D eigenvalue weighted by Crippen LogP contribution is 2.17. The molecule has 1 aromatic rings. The fraction of sp³-hybridized carbons (Fsp3) is 0.750. The number of nitrogens with one attached hydrogen (secondary N) is 1. The highest BCUT2D eigenvalue weighted by molar-refractivity contribution is 7.89. The Balaban J connectivity index is 2.21. The summed E-state index contributed by atoms with van der Waals surface area (Å²) in [4.78, 5) is 4.09. The van der Waals surface area contributed by atoms with Gasteiger partial charge in [-0.3, -0.25) is 0 Å². The van der Waals surface area contributed by atoms with Gasteiger partial charge in [0.2, 0.25) is 0 Å². The molecule has 0 saturated carbocycles. The summed E-state index contributed by atoms with van der Waals surface area (Å²) < 4.78 is 28.2. The second kappa shape index (κ2) is 6.21. The Kier molecular flexibility index (Phi) is 4.79. The molecule has 2 heterocycles. The van der Waals surface area contributed by atoms with Crippen molar-refractivity contribution in [2.75, 3.05) is 26.2 Å². The molecule has 1 aliphatic rings. The van der Waals surface area contributed by atoms with Crippen molar-refractivity contribution in [1.82, 2.24) is 19.2 Å². The zero-order valence-electron chi connectivity index (χ0n) is 11.9. The lowest BCUT2D eigenvalue weighted by molar-refractivity contribution is 0.246. The normalized spacial score (nSPS) is 19.9. The second-order valence-corrected chi connectivity index (χ2v) is 7.00. The van der Waals surface area contributed by atoms with Gasteiger partial charge in [-0.05, 0) is 26.3 Å². The predicted octanol–water partition coefficient (Wildman–Crippen LogP) is -0.536. The summed E-state index contributed by atoms with van der Waals surface area (Å²) in [5.41, 5.74) is 0. The molecule has 2 rings (SSSR count). The molecule has 1 saturated heterocycles. The van der Waals surface area contributed by atoms with Crippen molar-refractivity contribution in [3.8, 4) is 0 Å². The minimum atomic E-state index is -3.65. The van der Waals surface area contributed by atoms with E-state index in [-0.39, 0.29) is 24.2 Å². The molecule has 0 bridgehead atoms. The number of hydrogen-bond acceptors (Lipinski definition) is 5. The molecule has 0 aromatic carbocycles. The first-order valence-corrected chi connectivity index (χ1v) is 8.23. The SMILES string of the molecule is Cc1nc(S(=O)(=O)N(CCO)CC2CCCN2)cn1C. The molecule has 114 valence electrons. The predicted molar refractivity (Wildman–Crippen MR) is 74.8 cm³/mol. The standard InChI is InChI=1S/C12H22N4O3S/c1-10-14-12(9-15(10)2)20(18,19)16(6-7-17)8-11-4-3-5-13-11/h9,11,13,17H,3-8H2,1-2H3. The minimum absolute atomic E-state index is 0.0453. The van der Waals surface area contributed by atoms with E-state index in [4.69, 9.17) is 5.11 Å². The Bertz CT molecular complexity index is 530. The van der Waals surface area contributed by atoms with Gasteiger partial charge in [0, 0.05) is 32.4 Å². The van der Waals surface area contributed by atoms with Gasteiger partial charge in [0.05, 0.1) is 6.61 Å². The molecule has 1 aromatic heterocycles. The fourth-order valence-electron chi connectivity index (χ4n) is 2.36. The van der Waals surface area contributed by atoms with Gasteiger partial charge >= 0.3 is 0 Å². The van der Waals surface area contributed by atoms with E-state index in [1.54, 1.807) is 18.5 Å². The van der Waals surface area contributed by atoms with Crippen LogP contribution in [-0.2, 0) is 17.1 Å².